The Bertz CT molecular complexity index is 263. The highest BCUT2D eigenvalue weighted by molar-refractivity contribution is 5.94. The Morgan fingerprint density at radius 1 is 1.58 bits per heavy atom. The number of hydrogen-bond acceptors (Lipinski definition) is 3. The Kier molecular flexibility index (Phi) is 1.33. The fraction of sp³-hybridized carbons (Fsp3) is 0.750. The normalized spacial score (nSPS) is 43.8. The van der Waals surface area contributed by atoms with Gasteiger partial charge in [-0.25, -0.2) is 0 Å². The number of nitrogens with one attached hydrogen (secondary N) is 1. The molecule has 1 heterocycles. The second-order valence-electron chi connectivity index (χ2n) is 3.67. The summed E-state index contributed by atoms with van der Waals surface area (Å²) < 4.78 is 0. The van der Waals surface area contributed by atoms with Crippen LogP contribution in [0.2, 0.25) is 0 Å². The third-order valence-electron chi connectivity index (χ3n) is 3.13. The number of ketones is 1. The van der Waals surface area contributed by atoms with Gasteiger partial charge in [-0.05, 0) is 13.5 Å². The van der Waals surface area contributed by atoms with Gasteiger partial charge >= 0.3 is 5.97 Å². The highest BCUT2D eigenvalue weighted by Gasteiger charge is 2.73. The quantitative estimate of drug-likeness (QED) is 0.584. The van der Waals surface area contributed by atoms with Crippen LogP contribution >= 0.6 is 0 Å². The molecule has 1 aliphatic carbocycles. The van der Waals surface area contributed by atoms with E-state index in [4.69, 9.17) is 5.11 Å². The predicted molar refractivity (Wildman–Crippen MR) is 40.6 cm³/mol. The van der Waals surface area contributed by atoms with Gasteiger partial charge in [-0.2, -0.15) is 0 Å². The molecule has 0 aromatic carbocycles. The summed E-state index contributed by atoms with van der Waals surface area (Å²) in [7, 11) is 0. The number of carbonyl (C=O) groups excluding carboxylic acids is 1. The summed E-state index contributed by atoms with van der Waals surface area (Å²) in [6.45, 7) is 2.61. The van der Waals surface area contributed by atoms with Gasteiger partial charge in [0.05, 0.1) is 5.41 Å². The van der Waals surface area contributed by atoms with Crippen LogP contribution in [-0.2, 0) is 9.59 Å². The molecule has 0 radical (unpaired) electrons. The van der Waals surface area contributed by atoms with Gasteiger partial charge < -0.3 is 10.4 Å². The van der Waals surface area contributed by atoms with E-state index in [1.807, 2.05) is 0 Å². The number of carboxylic acids is 1. The lowest BCUT2D eigenvalue weighted by molar-refractivity contribution is -0.144. The Hall–Kier alpha value is -0.900. The van der Waals surface area contributed by atoms with E-state index in [1.165, 1.54) is 6.92 Å². The van der Waals surface area contributed by atoms with Crippen molar-refractivity contribution in [1.82, 2.24) is 5.32 Å². The zero-order chi connectivity index (χ0) is 8.93. The maximum atomic E-state index is 11.0. The molecule has 0 aromatic heterocycles. The lowest BCUT2D eigenvalue weighted by atomic mass is 10.0. The van der Waals surface area contributed by atoms with Crippen molar-refractivity contribution in [3.8, 4) is 0 Å². The van der Waals surface area contributed by atoms with Crippen LogP contribution in [0.1, 0.15) is 6.92 Å². The van der Waals surface area contributed by atoms with E-state index in [-0.39, 0.29) is 17.6 Å². The second-order valence-corrected chi connectivity index (χ2v) is 3.67. The number of piperidine rings is 1. The number of fused-ring (bicyclic) bond motifs is 1. The SMILES string of the molecule is CC(=O)C1C2CNCC21C(=O)O. The summed E-state index contributed by atoms with van der Waals surface area (Å²) in [6, 6.07) is 0. The Morgan fingerprint density at radius 3 is 2.58 bits per heavy atom. The van der Waals surface area contributed by atoms with Gasteiger partial charge in [-0.1, -0.05) is 0 Å². The molecule has 4 heteroatoms. The minimum absolute atomic E-state index is 0.0175. The minimum atomic E-state index is -0.822. The third kappa shape index (κ3) is 0.659. The van der Waals surface area contributed by atoms with Crippen molar-refractivity contribution in [2.45, 2.75) is 6.92 Å². The first-order chi connectivity index (χ1) is 5.60. The standard InChI is InChI=1S/C8H11NO3/c1-4(10)6-5-2-9-3-8(5,6)7(11)12/h5-6,9H,2-3H2,1H3,(H,11,12). The Balaban J connectivity index is 2.26. The smallest absolute Gasteiger partial charge is 0.312 e. The van der Waals surface area contributed by atoms with Crippen molar-refractivity contribution < 1.29 is 14.7 Å². The van der Waals surface area contributed by atoms with Crippen LogP contribution in [0.25, 0.3) is 0 Å². The lowest BCUT2D eigenvalue weighted by Crippen LogP contribution is -2.28. The summed E-state index contributed by atoms with van der Waals surface area (Å²) in [5, 5.41) is 11.9. The number of rotatable bonds is 2. The number of carboxylic acid groups (broad SMARTS) is 1. The van der Waals surface area contributed by atoms with Crippen LogP contribution in [0.3, 0.4) is 0 Å². The third-order valence-corrected chi connectivity index (χ3v) is 3.13. The van der Waals surface area contributed by atoms with Gasteiger partial charge in [-0.15, -0.1) is 0 Å². The van der Waals surface area contributed by atoms with Crippen LogP contribution in [0.5, 0.6) is 0 Å². The van der Waals surface area contributed by atoms with Crippen LogP contribution in [-0.4, -0.2) is 29.9 Å². The van der Waals surface area contributed by atoms with Crippen molar-refractivity contribution in [2.75, 3.05) is 13.1 Å². The van der Waals surface area contributed by atoms with Crippen LogP contribution in [0.15, 0.2) is 0 Å². The minimum Gasteiger partial charge on any atom is -0.481 e. The fourth-order valence-electron chi connectivity index (χ4n) is 2.51. The molecule has 1 aliphatic heterocycles. The van der Waals surface area contributed by atoms with Gasteiger partial charge in [0.15, 0.2) is 0 Å². The monoisotopic (exact) mass is 169 g/mol. The average Bonchev–Trinajstić information content (AvgIpc) is 2.44. The Labute approximate surface area is 69.9 Å². The van der Waals surface area contributed by atoms with E-state index in [0.717, 1.165) is 0 Å². The first kappa shape index (κ1) is 7.73. The highest BCUT2D eigenvalue weighted by Crippen LogP contribution is 2.61. The van der Waals surface area contributed by atoms with E-state index >= 15 is 0 Å². The molecule has 2 aliphatic rings. The molecule has 3 unspecified atom stereocenters. The van der Waals surface area contributed by atoms with Crippen molar-refractivity contribution in [3.05, 3.63) is 0 Å². The largest absolute Gasteiger partial charge is 0.481 e. The molecule has 0 aromatic rings. The molecule has 4 nitrogen and oxygen atoms in total. The number of hydrogen-bond donors (Lipinski definition) is 2. The van der Waals surface area contributed by atoms with Crippen molar-refractivity contribution in [1.29, 1.82) is 0 Å². The first-order valence-corrected chi connectivity index (χ1v) is 4.05. The summed E-state index contributed by atoms with van der Waals surface area (Å²) in [5.74, 6) is -0.981. The maximum absolute atomic E-state index is 11.0. The summed E-state index contributed by atoms with van der Waals surface area (Å²) in [5.41, 5.74) is -0.744. The van der Waals surface area contributed by atoms with E-state index in [9.17, 15) is 9.59 Å². The van der Waals surface area contributed by atoms with Crippen molar-refractivity contribution in [2.24, 2.45) is 17.3 Å². The van der Waals surface area contributed by atoms with Crippen molar-refractivity contribution in [3.63, 3.8) is 0 Å². The summed E-state index contributed by atoms with van der Waals surface area (Å²) >= 11 is 0. The van der Waals surface area contributed by atoms with Crippen LogP contribution < -0.4 is 5.32 Å². The van der Waals surface area contributed by atoms with Gasteiger partial charge in [-0.3, -0.25) is 9.59 Å². The topological polar surface area (TPSA) is 66.4 Å². The molecule has 1 saturated carbocycles. The molecule has 0 amide bonds. The van der Waals surface area contributed by atoms with Crippen LogP contribution in [0, 0.1) is 17.3 Å². The average molecular weight is 169 g/mol. The van der Waals surface area contributed by atoms with E-state index < -0.39 is 11.4 Å². The van der Waals surface area contributed by atoms with E-state index in [0.29, 0.717) is 13.1 Å². The van der Waals surface area contributed by atoms with Gasteiger partial charge in [0, 0.05) is 18.4 Å². The molecule has 0 spiro atoms. The van der Waals surface area contributed by atoms with E-state index in [2.05, 4.69) is 5.32 Å². The van der Waals surface area contributed by atoms with E-state index in [1.54, 1.807) is 0 Å². The molecule has 12 heavy (non-hydrogen) atoms. The number of aliphatic carboxylic acids is 1. The maximum Gasteiger partial charge on any atom is 0.312 e. The molecule has 2 fully saturated rings. The zero-order valence-corrected chi connectivity index (χ0v) is 6.83. The van der Waals surface area contributed by atoms with Gasteiger partial charge in [0.1, 0.15) is 5.78 Å². The Morgan fingerprint density at radius 2 is 2.25 bits per heavy atom. The van der Waals surface area contributed by atoms with Crippen molar-refractivity contribution >= 4 is 11.8 Å². The van der Waals surface area contributed by atoms with Gasteiger partial charge in [0.2, 0.25) is 0 Å². The zero-order valence-electron chi connectivity index (χ0n) is 6.83. The molecule has 0 bridgehead atoms. The summed E-state index contributed by atoms with van der Waals surface area (Å²) in [6.07, 6.45) is 0. The van der Waals surface area contributed by atoms with Gasteiger partial charge in [0.25, 0.3) is 0 Å². The number of carbonyl (C=O) groups is 2. The highest BCUT2D eigenvalue weighted by atomic mass is 16.4. The molecule has 2 N–H and O–H groups in total. The molecule has 1 saturated heterocycles. The molecular weight excluding hydrogens is 158 g/mol. The molecule has 3 atom stereocenters. The lowest BCUT2D eigenvalue weighted by Gasteiger charge is -2.07. The summed E-state index contributed by atoms with van der Waals surface area (Å²) in [4.78, 5) is 21.9. The molecule has 66 valence electrons. The number of Topliss-reactive ketones (excluding diaryl/α,β-unsaturated/α-hetero) is 1. The predicted octanol–water partition coefficient (Wildman–Crippen LogP) is -0.504. The first-order valence-electron chi connectivity index (χ1n) is 4.05. The van der Waals surface area contributed by atoms with Crippen LogP contribution in [0.4, 0.5) is 0 Å². The molecular formula is C8H11NO3. The fourth-order valence-corrected chi connectivity index (χ4v) is 2.51. The second kappa shape index (κ2) is 2.07. The molecule has 2 rings (SSSR count).